The summed E-state index contributed by atoms with van der Waals surface area (Å²) in [5, 5.41) is 7.47. The molecule has 4 nitrogen and oxygen atoms in total. The van der Waals surface area contributed by atoms with Gasteiger partial charge >= 0.3 is 0 Å². The van der Waals surface area contributed by atoms with Gasteiger partial charge in [0.2, 0.25) is 0 Å². The standard InChI is InChI=1S/C17H22FN3O/c1-12-3-4-16(18)15(9-12)17-10-14(20-22-17)5-7-21-8-6-19-11-13(21)2/h3-4,9-10,13,19H,5-8,11H2,1-2H3/t13-/m1/s1. The van der Waals surface area contributed by atoms with E-state index in [2.05, 4.69) is 22.3 Å². The molecule has 1 aromatic heterocycles. The number of benzene rings is 1. The molecular formula is C17H22FN3O. The molecule has 1 fully saturated rings. The van der Waals surface area contributed by atoms with Crippen LogP contribution in [0.15, 0.2) is 28.8 Å². The van der Waals surface area contributed by atoms with Crippen molar-refractivity contribution >= 4 is 0 Å². The molecule has 0 unspecified atom stereocenters. The molecule has 0 amide bonds. The minimum Gasteiger partial charge on any atom is -0.356 e. The molecule has 1 atom stereocenters. The van der Waals surface area contributed by atoms with E-state index in [1.165, 1.54) is 6.07 Å². The Kier molecular flexibility index (Phi) is 4.55. The van der Waals surface area contributed by atoms with Crippen molar-refractivity contribution in [2.24, 2.45) is 0 Å². The lowest BCUT2D eigenvalue weighted by Gasteiger charge is -2.33. The predicted octanol–water partition coefficient (Wildman–Crippen LogP) is 2.63. The maximum atomic E-state index is 13.9. The first-order valence-corrected chi connectivity index (χ1v) is 7.80. The second-order valence-corrected chi connectivity index (χ2v) is 6.00. The first-order valence-electron chi connectivity index (χ1n) is 7.80. The molecule has 3 rings (SSSR count). The van der Waals surface area contributed by atoms with E-state index < -0.39 is 0 Å². The van der Waals surface area contributed by atoms with Crippen LogP contribution in [0.25, 0.3) is 11.3 Å². The molecule has 0 radical (unpaired) electrons. The fraction of sp³-hybridized carbons (Fsp3) is 0.471. The largest absolute Gasteiger partial charge is 0.356 e. The van der Waals surface area contributed by atoms with E-state index in [0.717, 1.165) is 43.9 Å². The lowest BCUT2D eigenvalue weighted by atomic mass is 10.1. The number of hydrogen-bond acceptors (Lipinski definition) is 4. The van der Waals surface area contributed by atoms with Crippen molar-refractivity contribution in [3.63, 3.8) is 0 Å². The fourth-order valence-corrected chi connectivity index (χ4v) is 2.86. The number of aromatic nitrogens is 1. The molecule has 118 valence electrons. The summed E-state index contributed by atoms with van der Waals surface area (Å²) in [6.07, 6.45) is 0.821. The minimum atomic E-state index is -0.274. The summed E-state index contributed by atoms with van der Waals surface area (Å²) in [5.74, 6) is 0.230. The van der Waals surface area contributed by atoms with Crippen LogP contribution in [0.4, 0.5) is 4.39 Å². The van der Waals surface area contributed by atoms with Crippen LogP contribution in [-0.2, 0) is 6.42 Å². The summed E-state index contributed by atoms with van der Waals surface area (Å²) in [7, 11) is 0. The Morgan fingerprint density at radius 1 is 1.41 bits per heavy atom. The second kappa shape index (κ2) is 6.58. The van der Waals surface area contributed by atoms with E-state index in [9.17, 15) is 4.39 Å². The molecular weight excluding hydrogens is 281 g/mol. The first kappa shape index (κ1) is 15.2. The van der Waals surface area contributed by atoms with Crippen LogP contribution < -0.4 is 5.32 Å². The summed E-state index contributed by atoms with van der Waals surface area (Å²) in [5.41, 5.74) is 2.36. The van der Waals surface area contributed by atoms with E-state index in [-0.39, 0.29) is 5.82 Å². The maximum Gasteiger partial charge on any atom is 0.170 e. The number of hydrogen-bond donors (Lipinski definition) is 1. The molecule has 1 aliphatic heterocycles. The molecule has 1 aromatic carbocycles. The Balaban J connectivity index is 1.67. The highest BCUT2D eigenvalue weighted by Gasteiger charge is 2.18. The van der Waals surface area contributed by atoms with Gasteiger partial charge in [-0.05, 0) is 26.0 Å². The Hall–Kier alpha value is -1.72. The molecule has 1 saturated heterocycles. The zero-order chi connectivity index (χ0) is 15.5. The normalized spacial score (nSPS) is 19.5. The van der Waals surface area contributed by atoms with E-state index in [1.54, 1.807) is 12.1 Å². The summed E-state index contributed by atoms with van der Waals surface area (Å²) >= 11 is 0. The van der Waals surface area contributed by atoms with E-state index in [0.29, 0.717) is 17.4 Å². The first-order chi connectivity index (χ1) is 10.6. The zero-order valence-corrected chi connectivity index (χ0v) is 13.1. The van der Waals surface area contributed by atoms with Gasteiger partial charge in [0.05, 0.1) is 11.3 Å². The van der Waals surface area contributed by atoms with Crippen LogP contribution in [0.5, 0.6) is 0 Å². The zero-order valence-electron chi connectivity index (χ0n) is 13.1. The van der Waals surface area contributed by atoms with E-state index in [4.69, 9.17) is 4.52 Å². The van der Waals surface area contributed by atoms with Crippen LogP contribution in [0.2, 0.25) is 0 Å². The summed E-state index contributed by atoms with van der Waals surface area (Å²) in [6.45, 7) is 8.22. The number of rotatable bonds is 4. The van der Waals surface area contributed by atoms with Crippen molar-refractivity contribution in [3.8, 4) is 11.3 Å². The molecule has 22 heavy (non-hydrogen) atoms. The third-order valence-electron chi connectivity index (χ3n) is 4.24. The number of nitrogens with one attached hydrogen (secondary N) is 1. The van der Waals surface area contributed by atoms with E-state index >= 15 is 0 Å². The SMILES string of the molecule is Cc1ccc(F)c(-c2cc(CCN3CCNC[C@H]3C)no2)c1. The Labute approximate surface area is 130 Å². The van der Waals surface area contributed by atoms with Crippen molar-refractivity contribution in [2.45, 2.75) is 26.3 Å². The van der Waals surface area contributed by atoms with Crippen LogP contribution in [0.3, 0.4) is 0 Å². The van der Waals surface area contributed by atoms with Crippen molar-refractivity contribution in [1.82, 2.24) is 15.4 Å². The molecule has 0 saturated carbocycles. The Morgan fingerprint density at radius 3 is 3.09 bits per heavy atom. The fourth-order valence-electron chi connectivity index (χ4n) is 2.86. The highest BCUT2D eigenvalue weighted by Crippen LogP contribution is 2.25. The smallest absolute Gasteiger partial charge is 0.170 e. The van der Waals surface area contributed by atoms with Crippen molar-refractivity contribution < 1.29 is 8.91 Å². The molecule has 1 N–H and O–H groups in total. The number of piperazine rings is 1. The minimum absolute atomic E-state index is 0.274. The molecule has 0 bridgehead atoms. The van der Waals surface area contributed by atoms with Gasteiger partial charge in [-0.15, -0.1) is 0 Å². The molecule has 2 heterocycles. The van der Waals surface area contributed by atoms with E-state index in [1.807, 2.05) is 13.0 Å². The van der Waals surface area contributed by atoms with Crippen molar-refractivity contribution in [3.05, 3.63) is 41.3 Å². The van der Waals surface area contributed by atoms with Gasteiger partial charge in [0.25, 0.3) is 0 Å². The highest BCUT2D eigenvalue weighted by molar-refractivity contribution is 5.59. The summed E-state index contributed by atoms with van der Waals surface area (Å²) in [4.78, 5) is 2.44. The van der Waals surface area contributed by atoms with Gasteiger partial charge in [0.15, 0.2) is 5.76 Å². The molecule has 5 heteroatoms. The third kappa shape index (κ3) is 3.36. The van der Waals surface area contributed by atoms with Crippen LogP contribution in [-0.4, -0.2) is 42.3 Å². The monoisotopic (exact) mass is 303 g/mol. The van der Waals surface area contributed by atoms with Crippen molar-refractivity contribution in [1.29, 1.82) is 0 Å². The van der Waals surface area contributed by atoms with Gasteiger partial charge in [-0.3, -0.25) is 4.90 Å². The maximum absolute atomic E-state index is 13.9. The second-order valence-electron chi connectivity index (χ2n) is 6.00. The lowest BCUT2D eigenvalue weighted by Crippen LogP contribution is -2.50. The van der Waals surface area contributed by atoms with Crippen LogP contribution >= 0.6 is 0 Å². The average molecular weight is 303 g/mol. The van der Waals surface area contributed by atoms with Gasteiger partial charge in [0, 0.05) is 44.7 Å². The predicted molar refractivity (Wildman–Crippen MR) is 84.2 cm³/mol. The number of nitrogens with zero attached hydrogens (tertiary/aromatic N) is 2. The van der Waals surface area contributed by atoms with Gasteiger partial charge in [0.1, 0.15) is 5.82 Å². The van der Waals surface area contributed by atoms with Gasteiger partial charge in [-0.1, -0.05) is 16.8 Å². The van der Waals surface area contributed by atoms with Crippen molar-refractivity contribution in [2.75, 3.05) is 26.2 Å². The number of aryl methyl sites for hydroxylation is 1. The van der Waals surface area contributed by atoms with Gasteiger partial charge in [-0.2, -0.15) is 0 Å². The molecule has 2 aromatic rings. The molecule has 0 spiro atoms. The average Bonchev–Trinajstić information content (AvgIpc) is 2.98. The Morgan fingerprint density at radius 2 is 2.27 bits per heavy atom. The number of halogens is 1. The summed E-state index contributed by atoms with van der Waals surface area (Å²) in [6, 6.07) is 7.40. The molecule has 0 aliphatic carbocycles. The third-order valence-corrected chi connectivity index (χ3v) is 4.24. The quantitative estimate of drug-likeness (QED) is 0.943. The van der Waals surface area contributed by atoms with Gasteiger partial charge in [-0.25, -0.2) is 4.39 Å². The van der Waals surface area contributed by atoms with Crippen LogP contribution in [0.1, 0.15) is 18.2 Å². The Bertz CT molecular complexity index is 641. The van der Waals surface area contributed by atoms with Crippen LogP contribution in [0, 0.1) is 12.7 Å². The summed E-state index contributed by atoms with van der Waals surface area (Å²) < 4.78 is 19.2. The lowest BCUT2D eigenvalue weighted by molar-refractivity contribution is 0.175. The highest BCUT2D eigenvalue weighted by atomic mass is 19.1. The molecule has 1 aliphatic rings. The topological polar surface area (TPSA) is 41.3 Å². The van der Waals surface area contributed by atoms with Gasteiger partial charge < -0.3 is 9.84 Å².